The molecule has 8 nitrogen and oxygen atoms in total. The van der Waals surface area contributed by atoms with Crippen LogP contribution in [0, 0.1) is 0 Å². The molecule has 1 aromatic rings. The fourth-order valence-corrected chi connectivity index (χ4v) is 4.79. The largest absolute Gasteiger partial charge is 0.370 e. The summed E-state index contributed by atoms with van der Waals surface area (Å²) in [7, 11) is 6.17. The molecule has 3 rings (SSSR count). The van der Waals surface area contributed by atoms with Gasteiger partial charge in [0.1, 0.15) is 6.04 Å². The standard InChI is InChI=1S/C23H32N4O4/c1-6-8-18(17(7-2)25(3)4)26(5)14-9-10-15-16(13-14)23(31)27(22(15)30)19-11-12-20(28)24-21(19)29/h9-10,13,17-19H,6-8,11-12H2,1-5H3,(H,24,28,29)/t17-,18+,19?/m1/s1. The van der Waals surface area contributed by atoms with Crippen LogP contribution >= 0.6 is 0 Å². The number of carbonyl (C=O) groups excluding carboxylic acids is 4. The van der Waals surface area contributed by atoms with Gasteiger partial charge in [0.15, 0.2) is 0 Å². The predicted octanol–water partition coefficient (Wildman–Crippen LogP) is 2.03. The Morgan fingerprint density at radius 3 is 2.29 bits per heavy atom. The summed E-state index contributed by atoms with van der Waals surface area (Å²) < 4.78 is 0. The van der Waals surface area contributed by atoms with E-state index in [1.165, 1.54) is 0 Å². The average Bonchev–Trinajstić information content (AvgIpc) is 2.97. The number of hydrogen-bond donors (Lipinski definition) is 1. The molecule has 3 atom stereocenters. The number of carbonyl (C=O) groups is 4. The summed E-state index contributed by atoms with van der Waals surface area (Å²) >= 11 is 0. The second-order valence-electron chi connectivity index (χ2n) is 8.58. The summed E-state index contributed by atoms with van der Waals surface area (Å²) in [6.07, 6.45) is 3.29. The first-order valence-electron chi connectivity index (χ1n) is 11.0. The van der Waals surface area contributed by atoms with Crippen molar-refractivity contribution >= 4 is 29.3 Å². The second-order valence-corrected chi connectivity index (χ2v) is 8.58. The quantitative estimate of drug-likeness (QED) is 0.638. The van der Waals surface area contributed by atoms with Gasteiger partial charge in [-0.15, -0.1) is 0 Å². The van der Waals surface area contributed by atoms with Crippen molar-refractivity contribution < 1.29 is 19.2 Å². The zero-order chi connectivity index (χ0) is 22.9. The molecule has 0 aliphatic carbocycles. The fourth-order valence-electron chi connectivity index (χ4n) is 4.79. The first-order valence-corrected chi connectivity index (χ1v) is 11.0. The zero-order valence-electron chi connectivity index (χ0n) is 19.0. The second kappa shape index (κ2) is 9.18. The number of amides is 4. The summed E-state index contributed by atoms with van der Waals surface area (Å²) in [5.41, 5.74) is 1.48. The van der Waals surface area contributed by atoms with E-state index in [1.807, 2.05) is 13.1 Å². The minimum absolute atomic E-state index is 0.111. The lowest BCUT2D eigenvalue weighted by atomic mass is 9.97. The minimum Gasteiger partial charge on any atom is -0.370 e. The van der Waals surface area contributed by atoms with E-state index in [2.05, 4.69) is 43.1 Å². The Bertz CT molecular complexity index is 898. The molecule has 0 radical (unpaired) electrons. The molecule has 1 aromatic carbocycles. The number of anilines is 1. The normalized spacial score (nSPS) is 20.7. The molecule has 31 heavy (non-hydrogen) atoms. The average molecular weight is 429 g/mol. The number of benzene rings is 1. The van der Waals surface area contributed by atoms with Crippen molar-refractivity contribution in [1.82, 2.24) is 15.1 Å². The maximum atomic E-state index is 13.1. The highest BCUT2D eigenvalue weighted by atomic mass is 16.2. The first kappa shape index (κ1) is 22.9. The van der Waals surface area contributed by atoms with Gasteiger partial charge in [-0.3, -0.25) is 29.4 Å². The fraction of sp³-hybridized carbons (Fsp3) is 0.565. The Balaban J connectivity index is 1.90. The van der Waals surface area contributed by atoms with E-state index in [9.17, 15) is 19.2 Å². The molecule has 0 aromatic heterocycles. The van der Waals surface area contributed by atoms with Gasteiger partial charge in [-0.2, -0.15) is 0 Å². The molecular formula is C23H32N4O4. The van der Waals surface area contributed by atoms with Gasteiger partial charge in [-0.1, -0.05) is 20.3 Å². The Morgan fingerprint density at radius 2 is 1.71 bits per heavy atom. The van der Waals surface area contributed by atoms with Gasteiger partial charge < -0.3 is 9.80 Å². The van der Waals surface area contributed by atoms with Crippen LogP contribution in [0.2, 0.25) is 0 Å². The minimum atomic E-state index is -0.947. The molecule has 4 amide bonds. The smallest absolute Gasteiger partial charge is 0.262 e. The zero-order valence-corrected chi connectivity index (χ0v) is 19.0. The third-order valence-corrected chi connectivity index (χ3v) is 6.44. The molecular weight excluding hydrogens is 396 g/mol. The molecule has 8 heteroatoms. The molecule has 1 fully saturated rings. The number of nitrogens with zero attached hydrogens (tertiary/aromatic N) is 3. The lowest BCUT2D eigenvalue weighted by molar-refractivity contribution is -0.136. The van der Waals surface area contributed by atoms with E-state index >= 15 is 0 Å². The molecule has 168 valence electrons. The van der Waals surface area contributed by atoms with Crippen LogP contribution in [0.15, 0.2) is 18.2 Å². The third-order valence-electron chi connectivity index (χ3n) is 6.44. The van der Waals surface area contributed by atoms with Crippen LogP contribution < -0.4 is 10.2 Å². The lowest BCUT2D eigenvalue weighted by Crippen LogP contribution is -2.54. The summed E-state index contributed by atoms with van der Waals surface area (Å²) in [4.78, 5) is 55.2. The van der Waals surface area contributed by atoms with Crippen molar-refractivity contribution in [2.24, 2.45) is 0 Å². The van der Waals surface area contributed by atoms with Gasteiger partial charge >= 0.3 is 0 Å². The maximum absolute atomic E-state index is 13.1. The lowest BCUT2D eigenvalue weighted by Gasteiger charge is -2.39. The Morgan fingerprint density at radius 1 is 1.03 bits per heavy atom. The van der Waals surface area contributed by atoms with Gasteiger partial charge in [0.05, 0.1) is 11.1 Å². The highest BCUT2D eigenvalue weighted by Crippen LogP contribution is 2.32. The number of rotatable bonds is 8. The number of fused-ring (bicyclic) bond motifs is 1. The van der Waals surface area contributed by atoms with E-state index in [4.69, 9.17) is 0 Å². The number of likely N-dealkylation sites (N-methyl/N-ethyl adjacent to an activating group) is 2. The Hall–Kier alpha value is -2.74. The predicted molar refractivity (Wildman–Crippen MR) is 118 cm³/mol. The molecule has 0 spiro atoms. The maximum Gasteiger partial charge on any atom is 0.262 e. The highest BCUT2D eigenvalue weighted by molar-refractivity contribution is 6.23. The van der Waals surface area contributed by atoms with Crippen molar-refractivity contribution in [3.05, 3.63) is 29.3 Å². The molecule has 0 bridgehead atoms. The number of nitrogens with one attached hydrogen (secondary N) is 1. The van der Waals surface area contributed by atoms with Crippen LogP contribution in [0.1, 0.15) is 66.7 Å². The molecule has 0 saturated carbocycles. The van der Waals surface area contributed by atoms with Crippen LogP contribution in [-0.2, 0) is 9.59 Å². The van der Waals surface area contributed by atoms with Gasteiger partial charge in [-0.25, -0.2) is 0 Å². The van der Waals surface area contributed by atoms with E-state index in [0.29, 0.717) is 17.2 Å². The van der Waals surface area contributed by atoms with Gasteiger partial charge in [0, 0.05) is 31.2 Å². The van der Waals surface area contributed by atoms with E-state index < -0.39 is 23.8 Å². The van der Waals surface area contributed by atoms with Crippen molar-refractivity contribution in [1.29, 1.82) is 0 Å². The highest BCUT2D eigenvalue weighted by Gasteiger charge is 2.44. The van der Waals surface area contributed by atoms with Gasteiger partial charge in [0.2, 0.25) is 11.8 Å². The topological polar surface area (TPSA) is 90.0 Å². The number of piperidine rings is 1. The number of hydrogen-bond acceptors (Lipinski definition) is 6. The van der Waals surface area contributed by atoms with Crippen molar-refractivity contribution in [2.75, 3.05) is 26.0 Å². The molecule has 1 N–H and O–H groups in total. The SMILES string of the molecule is CCC[C@@H]([C@@H](CC)N(C)C)N(C)c1ccc2c(c1)C(=O)N(C1CCC(=O)NC1=O)C2=O. The Kier molecular flexibility index (Phi) is 6.79. The molecule has 1 unspecified atom stereocenters. The molecule has 2 aliphatic rings. The van der Waals surface area contributed by atoms with Gasteiger partial charge in [-0.05, 0) is 51.6 Å². The molecule has 1 saturated heterocycles. The first-order chi connectivity index (χ1) is 14.7. The van der Waals surface area contributed by atoms with Crippen molar-refractivity contribution in [3.63, 3.8) is 0 Å². The molecule has 2 heterocycles. The van der Waals surface area contributed by atoms with E-state index in [0.717, 1.165) is 29.8 Å². The summed E-state index contributed by atoms with van der Waals surface area (Å²) in [6.45, 7) is 4.33. The summed E-state index contributed by atoms with van der Waals surface area (Å²) in [5.74, 6) is -1.93. The molecule has 2 aliphatic heterocycles. The van der Waals surface area contributed by atoms with Crippen LogP contribution in [0.25, 0.3) is 0 Å². The van der Waals surface area contributed by atoms with Crippen LogP contribution in [-0.4, -0.2) is 72.7 Å². The number of imide groups is 2. The summed E-state index contributed by atoms with van der Waals surface area (Å²) in [5, 5.41) is 2.23. The van der Waals surface area contributed by atoms with Crippen LogP contribution in [0.3, 0.4) is 0 Å². The van der Waals surface area contributed by atoms with E-state index in [-0.39, 0.29) is 24.8 Å². The van der Waals surface area contributed by atoms with E-state index in [1.54, 1.807) is 12.1 Å². The van der Waals surface area contributed by atoms with Crippen molar-refractivity contribution in [3.8, 4) is 0 Å². The third kappa shape index (κ3) is 4.21. The monoisotopic (exact) mass is 428 g/mol. The van der Waals surface area contributed by atoms with Gasteiger partial charge in [0.25, 0.3) is 11.8 Å². The van der Waals surface area contributed by atoms with Crippen molar-refractivity contribution in [2.45, 2.75) is 64.1 Å². The Labute approximate surface area is 183 Å². The van der Waals surface area contributed by atoms with Crippen LogP contribution in [0.4, 0.5) is 5.69 Å². The van der Waals surface area contributed by atoms with Crippen LogP contribution in [0.5, 0.6) is 0 Å². The summed E-state index contributed by atoms with van der Waals surface area (Å²) in [6, 6.07) is 4.94.